The van der Waals surface area contributed by atoms with Crippen LogP contribution in [0.15, 0.2) is 18.2 Å². The van der Waals surface area contributed by atoms with E-state index < -0.39 is 12.8 Å². The summed E-state index contributed by atoms with van der Waals surface area (Å²) in [6.07, 6.45) is -4.35. The van der Waals surface area contributed by atoms with Gasteiger partial charge in [-0.15, -0.1) is 0 Å². The van der Waals surface area contributed by atoms with Gasteiger partial charge in [0.05, 0.1) is 13.2 Å². The summed E-state index contributed by atoms with van der Waals surface area (Å²) in [4.78, 5) is 0. The van der Waals surface area contributed by atoms with Crippen molar-refractivity contribution in [3.05, 3.63) is 23.8 Å². The Morgan fingerprint density at radius 2 is 1.90 bits per heavy atom. The van der Waals surface area contributed by atoms with Gasteiger partial charge in [-0.05, 0) is 25.1 Å². The van der Waals surface area contributed by atoms with Crippen molar-refractivity contribution in [2.75, 3.05) is 26.4 Å². The largest absolute Gasteiger partial charge is 0.490 e. The van der Waals surface area contributed by atoms with Crippen molar-refractivity contribution in [3.63, 3.8) is 0 Å². The maximum Gasteiger partial charge on any atom is 0.411 e. The number of rotatable bonds is 8. The number of halogens is 3. The van der Waals surface area contributed by atoms with Gasteiger partial charge in [0.15, 0.2) is 11.5 Å². The number of ether oxygens (including phenoxy) is 3. The highest BCUT2D eigenvalue weighted by molar-refractivity contribution is 5.95. The summed E-state index contributed by atoms with van der Waals surface area (Å²) in [6.45, 7) is 0.603. The Bertz CT molecular complexity index is 478. The van der Waals surface area contributed by atoms with Gasteiger partial charge in [-0.3, -0.25) is 5.41 Å². The van der Waals surface area contributed by atoms with Crippen LogP contribution in [0.3, 0.4) is 0 Å². The van der Waals surface area contributed by atoms with Crippen LogP contribution < -0.4 is 15.2 Å². The second-order valence-corrected chi connectivity index (χ2v) is 4.02. The highest BCUT2D eigenvalue weighted by atomic mass is 19.4. The Labute approximate surface area is 120 Å². The molecule has 0 aliphatic carbocycles. The molecule has 0 fully saturated rings. The zero-order valence-corrected chi connectivity index (χ0v) is 11.5. The lowest BCUT2D eigenvalue weighted by atomic mass is 10.2. The van der Waals surface area contributed by atoms with Crippen LogP contribution >= 0.6 is 0 Å². The molecule has 5 nitrogen and oxygen atoms in total. The SMILES string of the molecule is CCOc1cc(C(=N)N)ccc1OCCOCC(F)(F)F. The van der Waals surface area contributed by atoms with E-state index in [1.807, 2.05) is 0 Å². The second-order valence-electron chi connectivity index (χ2n) is 4.02. The molecule has 0 radical (unpaired) electrons. The van der Waals surface area contributed by atoms with Gasteiger partial charge in [0.2, 0.25) is 0 Å². The molecule has 8 heteroatoms. The van der Waals surface area contributed by atoms with Crippen molar-refractivity contribution in [1.29, 1.82) is 5.41 Å². The zero-order valence-electron chi connectivity index (χ0n) is 11.5. The number of nitrogens with two attached hydrogens (primary N) is 1. The monoisotopic (exact) mass is 306 g/mol. The maximum atomic E-state index is 11.9. The van der Waals surface area contributed by atoms with Crippen molar-refractivity contribution < 1.29 is 27.4 Å². The molecule has 118 valence electrons. The number of amidine groups is 1. The Balaban J connectivity index is 2.55. The third-order valence-corrected chi connectivity index (χ3v) is 2.31. The highest BCUT2D eigenvalue weighted by Crippen LogP contribution is 2.28. The van der Waals surface area contributed by atoms with Crippen LogP contribution in [0.5, 0.6) is 11.5 Å². The Morgan fingerprint density at radius 1 is 1.19 bits per heavy atom. The van der Waals surface area contributed by atoms with Crippen molar-refractivity contribution in [2.24, 2.45) is 5.73 Å². The Hall–Kier alpha value is -1.96. The molecule has 0 aromatic heterocycles. The topological polar surface area (TPSA) is 77.6 Å². The van der Waals surface area contributed by atoms with E-state index in [1.165, 1.54) is 6.07 Å². The van der Waals surface area contributed by atoms with E-state index in [-0.39, 0.29) is 19.0 Å². The van der Waals surface area contributed by atoms with Crippen molar-refractivity contribution in [1.82, 2.24) is 0 Å². The third-order valence-electron chi connectivity index (χ3n) is 2.31. The summed E-state index contributed by atoms with van der Waals surface area (Å²) in [7, 11) is 0. The minimum absolute atomic E-state index is 0.0461. The molecule has 0 unspecified atom stereocenters. The van der Waals surface area contributed by atoms with E-state index in [2.05, 4.69) is 4.74 Å². The van der Waals surface area contributed by atoms with Crippen LogP contribution in [0.4, 0.5) is 13.2 Å². The van der Waals surface area contributed by atoms with E-state index >= 15 is 0 Å². The zero-order chi connectivity index (χ0) is 15.9. The lowest BCUT2D eigenvalue weighted by Crippen LogP contribution is -2.19. The molecule has 0 saturated carbocycles. The van der Waals surface area contributed by atoms with Crippen molar-refractivity contribution in [2.45, 2.75) is 13.1 Å². The Kier molecular flexibility index (Phi) is 6.29. The predicted octanol–water partition coefficient (Wildman–Crippen LogP) is 2.33. The van der Waals surface area contributed by atoms with Gasteiger partial charge in [-0.1, -0.05) is 0 Å². The minimum Gasteiger partial charge on any atom is -0.490 e. The van der Waals surface area contributed by atoms with E-state index in [9.17, 15) is 13.2 Å². The number of alkyl halides is 3. The molecule has 0 saturated heterocycles. The molecule has 0 atom stereocenters. The molecule has 0 bridgehead atoms. The van der Waals surface area contributed by atoms with E-state index in [0.717, 1.165) is 0 Å². The summed E-state index contributed by atoms with van der Waals surface area (Å²) < 4.78 is 50.7. The molecule has 3 N–H and O–H groups in total. The van der Waals surface area contributed by atoms with Crippen LogP contribution in [0.25, 0.3) is 0 Å². The third kappa shape index (κ3) is 6.35. The molecular weight excluding hydrogens is 289 g/mol. The van der Waals surface area contributed by atoms with Crippen molar-refractivity contribution in [3.8, 4) is 11.5 Å². The van der Waals surface area contributed by atoms with Gasteiger partial charge in [0, 0.05) is 5.56 Å². The fraction of sp³-hybridized carbons (Fsp3) is 0.462. The summed E-state index contributed by atoms with van der Waals surface area (Å²) in [5.74, 6) is 0.620. The summed E-state index contributed by atoms with van der Waals surface area (Å²) in [5, 5.41) is 7.34. The van der Waals surface area contributed by atoms with Crippen LogP contribution in [-0.2, 0) is 4.74 Å². The van der Waals surface area contributed by atoms with Crippen LogP contribution in [0, 0.1) is 5.41 Å². The number of benzene rings is 1. The van der Waals surface area contributed by atoms with E-state index in [1.54, 1.807) is 19.1 Å². The fourth-order valence-electron chi connectivity index (χ4n) is 1.46. The first-order valence-electron chi connectivity index (χ1n) is 6.22. The molecule has 0 aliphatic rings. The minimum atomic E-state index is -4.35. The molecule has 21 heavy (non-hydrogen) atoms. The number of hydrogen-bond donors (Lipinski definition) is 2. The molecule has 0 heterocycles. The number of nitrogen functional groups attached to an aromatic ring is 1. The molecule has 1 aromatic carbocycles. The number of nitrogens with one attached hydrogen (secondary N) is 1. The quantitative estimate of drug-likeness (QED) is 0.439. The average Bonchev–Trinajstić information content (AvgIpc) is 2.38. The van der Waals surface area contributed by atoms with Gasteiger partial charge in [-0.25, -0.2) is 0 Å². The second kappa shape index (κ2) is 7.72. The smallest absolute Gasteiger partial charge is 0.411 e. The summed E-state index contributed by atoms with van der Waals surface area (Å²) in [6, 6.07) is 4.65. The van der Waals surface area contributed by atoms with Crippen LogP contribution in [0.1, 0.15) is 12.5 Å². The average molecular weight is 306 g/mol. The lowest BCUT2D eigenvalue weighted by molar-refractivity contribution is -0.175. The van der Waals surface area contributed by atoms with Gasteiger partial charge in [-0.2, -0.15) is 13.2 Å². The normalized spacial score (nSPS) is 11.2. The van der Waals surface area contributed by atoms with Crippen LogP contribution in [0.2, 0.25) is 0 Å². The van der Waals surface area contributed by atoms with Crippen molar-refractivity contribution >= 4 is 5.84 Å². The van der Waals surface area contributed by atoms with Gasteiger partial charge >= 0.3 is 6.18 Å². The number of hydrogen-bond acceptors (Lipinski definition) is 4. The first kappa shape index (κ1) is 17.1. The van der Waals surface area contributed by atoms with E-state index in [4.69, 9.17) is 20.6 Å². The molecule has 0 spiro atoms. The molecular formula is C13H17F3N2O3. The summed E-state index contributed by atoms with van der Waals surface area (Å²) in [5.41, 5.74) is 5.84. The Morgan fingerprint density at radius 3 is 2.48 bits per heavy atom. The maximum absolute atomic E-state index is 11.9. The predicted molar refractivity (Wildman–Crippen MR) is 71.0 cm³/mol. The molecule has 1 aromatic rings. The standard InChI is InChI=1S/C13H17F3N2O3/c1-2-20-11-7-9(12(17)18)3-4-10(11)21-6-5-19-8-13(14,15)16/h3-4,7H,2,5-6,8H2,1H3,(H3,17,18). The van der Waals surface area contributed by atoms with Gasteiger partial charge in [0.25, 0.3) is 0 Å². The van der Waals surface area contributed by atoms with Crippen LogP contribution in [-0.4, -0.2) is 38.4 Å². The fourth-order valence-corrected chi connectivity index (χ4v) is 1.46. The highest BCUT2D eigenvalue weighted by Gasteiger charge is 2.27. The molecule has 0 amide bonds. The first-order valence-corrected chi connectivity index (χ1v) is 6.22. The molecule has 0 aliphatic heterocycles. The van der Waals surface area contributed by atoms with Gasteiger partial charge < -0.3 is 19.9 Å². The molecule has 1 rings (SSSR count). The first-order chi connectivity index (χ1) is 9.83. The lowest BCUT2D eigenvalue weighted by Gasteiger charge is -2.13. The summed E-state index contributed by atoms with van der Waals surface area (Å²) >= 11 is 0. The van der Waals surface area contributed by atoms with Gasteiger partial charge in [0.1, 0.15) is 19.0 Å². The van der Waals surface area contributed by atoms with E-state index in [0.29, 0.717) is 23.7 Å².